The Hall–Kier alpha value is -2.24. The fraction of sp³-hybridized carbons (Fsp3) is 0.600. The van der Waals surface area contributed by atoms with Crippen molar-refractivity contribution in [3.05, 3.63) is 29.8 Å². The maximum absolute atomic E-state index is 11.8. The number of carbonyl (C=O) groups is 1. The average Bonchev–Trinajstić information content (AvgIpc) is 3.42. The molecule has 0 saturated heterocycles. The van der Waals surface area contributed by atoms with Crippen LogP contribution in [0.3, 0.4) is 0 Å². The summed E-state index contributed by atoms with van der Waals surface area (Å²) >= 11 is 0. The first-order chi connectivity index (χ1) is 12.5. The van der Waals surface area contributed by atoms with Crippen molar-refractivity contribution in [3.63, 3.8) is 0 Å². The van der Waals surface area contributed by atoms with Crippen LogP contribution in [0.4, 0.5) is 0 Å². The van der Waals surface area contributed by atoms with Gasteiger partial charge in [-0.2, -0.15) is 0 Å². The van der Waals surface area contributed by atoms with Crippen molar-refractivity contribution in [1.29, 1.82) is 0 Å². The third kappa shape index (κ3) is 7.33. The Bertz CT molecular complexity index is 594. The molecule has 6 heteroatoms. The van der Waals surface area contributed by atoms with E-state index in [-0.39, 0.29) is 18.5 Å². The predicted octanol–water partition coefficient (Wildman–Crippen LogP) is 2.62. The number of nitrogens with one attached hydrogen (secondary N) is 3. The average molecular weight is 361 g/mol. The topological polar surface area (TPSA) is 74.8 Å². The molecule has 0 aromatic heterocycles. The molecular formula is C20H32N4O2. The summed E-state index contributed by atoms with van der Waals surface area (Å²) < 4.78 is 5.72. The van der Waals surface area contributed by atoms with Crippen molar-refractivity contribution in [3.8, 4) is 5.75 Å². The van der Waals surface area contributed by atoms with Gasteiger partial charge in [0.05, 0.1) is 12.6 Å². The van der Waals surface area contributed by atoms with Gasteiger partial charge in [-0.05, 0) is 50.3 Å². The van der Waals surface area contributed by atoms with Gasteiger partial charge in [0.2, 0.25) is 5.91 Å². The van der Waals surface area contributed by atoms with Gasteiger partial charge in [0.25, 0.3) is 0 Å². The number of nitrogens with zero attached hydrogens (tertiary/aromatic N) is 1. The van der Waals surface area contributed by atoms with Crippen LogP contribution in [0.1, 0.15) is 52.1 Å². The lowest BCUT2D eigenvalue weighted by Crippen LogP contribution is -2.39. The Morgan fingerprint density at radius 3 is 2.50 bits per heavy atom. The van der Waals surface area contributed by atoms with Crippen LogP contribution >= 0.6 is 0 Å². The van der Waals surface area contributed by atoms with Crippen LogP contribution in [0.5, 0.6) is 5.75 Å². The first-order valence-corrected chi connectivity index (χ1v) is 9.55. The lowest BCUT2D eigenvalue weighted by Gasteiger charge is -2.18. The number of hydrogen-bond acceptors (Lipinski definition) is 3. The second-order valence-corrected chi connectivity index (χ2v) is 7.18. The molecule has 3 N–H and O–H groups in total. The molecule has 1 unspecified atom stereocenters. The van der Waals surface area contributed by atoms with Gasteiger partial charge in [0, 0.05) is 12.6 Å². The molecule has 0 radical (unpaired) electrons. The molecule has 1 saturated carbocycles. The summed E-state index contributed by atoms with van der Waals surface area (Å²) in [7, 11) is 0. The zero-order valence-corrected chi connectivity index (χ0v) is 16.3. The number of benzene rings is 1. The summed E-state index contributed by atoms with van der Waals surface area (Å²) in [6.07, 6.45) is 2.17. The zero-order valence-electron chi connectivity index (χ0n) is 16.3. The van der Waals surface area contributed by atoms with E-state index in [9.17, 15) is 4.79 Å². The Labute approximate surface area is 156 Å². The van der Waals surface area contributed by atoms with E-state index in [1.807, 2.05) is 19.1 Å². The molecule has 6 nitrogen and oxygen atoms in total. The van der Waals surface area contributed by atoms with Gasteiger partial charge < -0.3 is 20.7 Å². The van der Waals surface area contributed by atoms with Crippen molar-refractivity contribution in [2.24, 2.45) is 10.9 Å². The molecule has 0 heterocycles. The number of ether oxygens (including phenoxy) is 1. The SMILES string of the molecule is CCNC(=NCC(=O)NC1CC1)NC(C)c1ccc(OCC(C)C)cc1. The molecule has 1 amide bonds. The normalized spacial score (nSPS) is 15.5. The Morgan fingerprint density at radius 2 is 1.92 bits per heavy atom. The highest BCUT2D eigenvalue weighted by Gasteiger charge is 2.22. The molecule has 1 aliphatic rings. The molecule has 1 fully saturated rings. The van der Waals surface area contributed by atoms with Crippen LogP contribution in [0.15, 0.2) is 29.3 Å². The molecule has 1 aromatic carbocycles. The standard InChI is InChI=1S/C20H32N4O2/c1-5-21-20(22-12-19(25)24-17-8-9-17)23-15(4)16-6-10-18(11-7-16)26-13-14(2)3/h6-7,10-11,14-15,17H,5,8-9,12-13H2,1-4H3,(H,24,25)(H2,21,22,23). The minimum absolute atomic E-state index is 0.0241. The smallest absolute Gasteiger partial charge is 0.242 e. The largest absolute Gasteiger partial charge is 0.493 e. The quantitative estimate of drug-likeness (QED) is 0.467. The van der Waals surface area contributed by atoms with E-state index in [2.05, 4.69) is 53.8 Å². The lowest BCUT2D eigenvalue weighted by molar-refractivity contribution is -0.119. The molecule has 1 aromatic rings. The van der Waals surface area contributed by atoms with E-state index in [0.717, 1.165) is 30.7 Å². The second kappa shape index (κ2) is 10.0. The van der Waals surface area contributed by atoms with E-state index in [0.29, 0.717) is 24.5 Å². The highest BCUT2D eigenvalue weighted by molar-refractivity contribution is 5.85. The number of carbonyl (C=O) groups excluding carboxylic acids is 1. The summed E-state index contributed by atoms with van der Waals surface area (Å²) in [6, 6.07) is 8.52. The summed E-state index contributed by atoms with van der Waals surface area (Å²) in [5, 5.41) is 9.48. The Balaban J connectivity index is 1.88. The van der Waals surface area contributed by atoms with Crippen molar-refractivity contribution in [1.82, 2.24) is 16.0 Å². The van der Waals surface area contributed by atoms with Crippen molar-refractivity contribution in [2.75, 3.05) is 19.7 Å². The summed E-state index contributed by atoms with van der Waals surface area (Å²) in [4.78, 5) is 16.2. The maximum atomic E-state index is 11.8. The second-order valence-electron chi connectivity index (χ2n) is 7.18. The van der Waals surface area contributed by atoms with Gasteiger partial charge in [-0.3, -0.25) is 4.79 Å². The first kappa shape index (κ1) is 20.1. The number of guanidine groups is 1. The maximum Gasteiger partial charge on any atom is 0.242 e. The van der Waals surface area contributed by atoms with Gasteiger partial charge in [0.15, 0.2) is 5.96 Å². The predicted molar refractivity (Wildman–Crippen MR) is 105 cm³/mol. The third-order valence-electron chi connectivity index (χ3n) is 3.98. The lowest BCUT2D eigenvalue weighted by atomic mass is 10.1. The van der Waals surface area contributed by atoms with Crippen LogP contribution in [0, 0.1) is 5.92 Å². The van der Waals surface area contributed by atoms with Crippen molar-refractivity contribution in [2.45, 2.75) is 52.6 Å². The van der Waals surface area contributed by atoms with Crippen LogP contribution in [-0.2, 0) is 4.79 Å². The summed E-state index contributed by atoms with van der Waals surface area (Å²) in [5.74, 6) is 2.01. The third-order valence-corrected chi connectivity index (χ3v) is 3.98. The fourth-order valence-corrected chi connectivity index (χ4v) is 2.38. The van der Waals surface area contributed by atoms with Crippen molar-refractivity contribution < 1.29 is 9.53 Å². The molecule has 1 aliphatic carbocycles. The van der Waals surface area contributed by atoms with Crippen molar-refractivity contribution >= 4 is 11.9 Å². The van der Waals surface area contributed by atoms with Gasteiger partial charge in [-0.15, -0.1) is 0 Å². The van der Waals surface area contributed by atoms with Crippen LogP contribution in [0.2, 0.25) is 0 Å². The monoisotopic (exact) mass is 360 g/mol. The van der Waals surface area contributed by atoms with E-state index >= 15 is 0 Å². The van der Waals surface area contributed by atoms with Gasteiger partial charge in [-0.1, -0.05) is 26.0 Å². The number of rotatable bonds is 9. The van der Waals surface area contributed by atoms with Crippen LogP contribution in [-0.4, -0.2) is 37.6 Å². The van der Waals surface area contributed by atoms with E-state index in [4.69, 9.17) is 4.74 Å². The van der Waals surface area contributed by atoms with E-state index in [1.54, 1.807) is 0 Å². The molecule has 1 atom stereocenters. The molecule has 0 bridgehead atoms. The van der Waals surface area contributed by atoms with Gasteiger partial charge in [-0.25, -0.2) is 4.99 Å². The van der Waals surface area contributed by atoms with E-state index in [1.165, 1.54) is 0 Å². The minimum atomic E-state index is -0.0241. The van der Waals surface area contributed by atoms with Gasteiger partial charge in [0.1, 0.15) is 12.3 Å². The van der Waals surface area contributed by atoms with E-state index < -0.39 is 0 Å². The first-order valence-electron chi connectivity index (χ1n) is 9.55. The van der Waals surface area contributed by atoms with Gasteiger partial charge >= 0.3 is 0 Å². The molecule has 26 heavy (non-hydrogen) atoms. The highest BCUT2D eigenvalue weighted by atomic mass is 16.5. The number of aliphatic imine (C=N–C) groups is 1. The number of amides is 1. The minimum Gasteiger partial charge on any atom is -0.493 e. The molecule has 144 valence electrons. The summed E-state index contributed by atoms with van der Waals surface area (Å²) in [5.41, 5.74) is 1.13. The zero-order chi connectivity index (χ0) is 18.9. The molecular weight excluding hydrogens is 328 g/mol. The Kier molecular flexibility index (Phi) is 7.75. The highest BCUT2D eigenvalue weighted by Crippen LogP contribution is 2.19. The molecule has 0 aliphatic heterocycles. The Morgan fingerprint density at radius 1 is 1.23 bits per heavy atom. The summed E-state index contributed by atoms with van der Waals surface area (Å²) in [6.45, 7) is 9.94. The number of hydrogen-bond donors (Lipinski definition) is 3. The molecule has 2 rings (SSSR count). The molecule has 0 spiro atoms. The van der Waals surface area contributed by atoms with Crippen LogP contribution in [0.25, 0.3) is 0 Å². The van der Waals surface area contributed by atoms with Crippen LogP contribution < -0.4 is 20.7 Å². The fourth-order valence-electron chi connectivity index (χ4n) is 2.38.